The van der Waals surface area contributed by atoms with E-state index in [1.165, 1.54) is 41.9 Å². The second-order valence-electron chi connectivity index (χ2n) is 5.90. The van der Waals surface area contributed by atoms with E-state index in [9.17, 15) is 0 Å². The van der Waals surface area contributed by atoms with Crippen molar-refractivity contribution in [1.82, 2.24) is 5.43 Å². The van der Waals surface area contributed by atoms with E-state index in [0.29, 0.717) is 6.04 Å². The van der Waals surface area contributed by atoms with Crippen LogP contribution in [0, 0.1) is 11.8 Å². The fourth-order valence-electron chi connectivity index (χ4n) is 3.37. The minimum Gasteiger partial charge on any atom is -0.271 e. The van der Waals surface area contributed by atoms with Gasteiger partial charge in [0, 0.05) is 15.8 Å². The van der Waals surface area contributed by atoms with Gasteiger partial charge in [0.15, 0.2) is 0 Å². The van der Waals surface area contributed by atoms with Gasteiger partial charge in [-0.3, -0.25) is 11.3 Å². The molecule has 0 aromatic carbocycles. The van der Waals surface area contributed by atoms with Crippen molar-refractivity contribution in [2.24, 2.45) is 17.7 Å². The number of nitrogens with one attached hydrogen (secondary N) is 1. The summed E-state index contributed by atoms with van der Waals surface area (Å²) in [5.74, 6) is 7.51. The van der Waals surface area contributed by atoms with Crippen LogP contribution in [0.3, 0.4) is 0 Å². The van der Waals surface area contributed by atoms with Crippen LogP contribution < -0.4 is 11.3 Å². The zero-order chi connectivity index (χ0) is 13.7. The molecule has 1 aliphatic rings. The zero-order valence-corrected chi connectivity index (χ0v) is 13.1. The lowest BCUT2D eigenvalue weighted by molar-refractivity contribution is 0.208. The van der Waals surface area contributed by atoms with Gasteiger partial charge in [-0.05, 0) is 49.7 Å². The van der Waals surface area contributed by atoms with E-state index in [2.05, 4.69) is 31.4 Å². The number of hydrogen-bond acceptors (Lipinski definition) is 3. The highest BCUT2D eigenvalue weighted by Crippen LogP contribution is 2.34. The van der Waals surface area contributed by atoms with Gasteiger partial charge in [-0.1, -0.05) is 33.1 Å². The first kappa shape index (κ1) is 15.0. The number of nitrogens with two attached hydrogens (primary N) is 1. The van der Waals surface area contributed by atoms with Crippen molar-refractivity contribution < 1.29 is 0 Å². The first-order valence-corrected chi connectivity index (χ1v) is 8.62. The molecule has 0 bridgehead atoms. The van der Waals surface area contributed by atoms with Crippen molar-refractivity contribution in [3.05, 3.63) is 21.9 Å². The molecule has 1 aliphatic carbocycles. The predicted molar refractivity (Wildman–Crippen MR) is 84.3 cm³/mol. The van der Waals surface area contributed by atoms with Crippen molar-refractivity contribution in [3.8, 4) is 0 Å². The molecule has 3 atom stereocenters. The molecular formula is C16H28N2S. The Kier molecular flexibility index (Phi) is 5.86. The third-order valence-electron chi connectivity index (χ3n) is 4.67. The standard InChI is InChI=1S/C16H28N2S/c1-3-12-6-5-7-13(10-12)16(18-17)11-15-9-8-14(4-2)19-15/h8-9,12-13,16,18H,3-7,10-11,17H2,1-2H3. The Morgan fingerprint density at radius 2 is 2.11 bits per heavy atom. The summed E-state index contributed by atoms with van der Waals surface area (Å²) in [4.78, 5) is 2.97. The molecular weight excluding hydrogens is 252 g/mol. The average molecular weight is 280 g/mol. The summed E-state index contributed by atoms with van der Waals surface area (Å²) in [5.41, 5.74) is 3.10. The minimum atomic E-state index is 0.456. The maximum atomic E-state index is 5.83. The topological polar surface area (TPSA) is 38.0 Å². The molecule has 1 fully saturated rings. The molecule has 0 radical (unpaired) electrons. The Morgan fingerprint density at radius 3 is 2.74 bits per heavy atom. The van der Waals surface area contributed by atoms with Gasteiger partial charge in [0.1, 0.15) is 0 Å². The van der Waals surface area contributed by atoms with E-state index in [4.69, 9.17) is 5.84 Å². The Bertz CT molecular complexity index is 375. The number of thiophene rings is 1. The smallest absolute Gasteiger partial charge is 0.0287 e. The van der Waals surface area contributed by atoms with Gasteiger partial charge >= 0.3 is 0 Å². The van der Waals surface area contributed by atoms with Crippen molar-refractivity contribution >= 4 is 11.3 Å². The molecule has 3 unspecified atom stereocenters. The fourth-order valence-corrected chi connectivity index (χ4v) is 4.39. The van der Waals surface area contributed by atoms with Gasteiger partial charge in [-0.15, -0.1) is 11.3 Å². The van der Waals surface area contributed by atoms with Crippen molar-refractivity contribution in [2.75, 3.05) is 0 Å². The Labute approximate surface area is 121 Å². The van der Waals surface area contributed by atoms with E-state index in [1.807, 2.05) is 11.3 Å². The van der Waals surface area contributed by atoms with Crippen molar-refractivity contribution in [1.29, 1.82) is 0 Å². The summed E-state index contributed by atoms with van der Waals surface area (Å²) in [5, 5.41) is 0. The summed E-state index contributed by atoms with van der Waals surface area (Å²) in [7, 11) is 0. The van der Waals surface area contributed by atoms with E-state index >= 15 is 0 Å². The van der Waals surface area contributed by atoms with Crippen LogP contribution in [0.4, 0.5) is 0 Å². The molecule has 108 valence electrons. The van der Waals surface area contributed by atoms with Gasteiger partial charge in [0.2, 0.25) is 0 Å². The van der Waals surface area contributed by atoms with Gasteiger partial charge in [-0.25, -0.2) is 0 Å². The van der Waals surface area contributed by atoms with Gasteiger partial charge < -0.3 is 0 Å². The van der Waals surface area contributed by atoms with E-state index in [0.717, 1.165) is 24.7 Å². The maximum Gasteiger partial charge on any atom is 0.0287 e. The number of hydrogen-bond donors (Lipinski definition) is 2. The molecule has 0 spiro atoms. The van der Waals surface area contributed by atoms with Crippen LogP contribution >= 0.6 is 11.3 Å². The Morgan fingerprint density at radius 1 is 1.32 bits per heavy atom. The Balaban J connectivity index is 1.95. The summed E-state index contributed by atoms with van der Waals surface area (Å²) >= 11 is 1.95. The molecule has 1 aromatic rings. The van der Waals surface area contributed by atoms with Crippen LogP contribution in [0.5, 0.6) is 0 Å². The summed E-state index contributed by atoms with van der Waals surface area (Å²) < 4.78 is 0. The highest BCUT2D eigenvalue weighted by Gasteiger charge is 2.27. The van der Waals surface area contributed by atoms with Gasteiger partial charge in [0.25, 0.3) is 0 Å². The third-order valence-corrected chi connectivity index (χ3v) is 5.92. The van der Waals surface area contributed by atoms with Crippen molar-refractivity contribution in [2.45, 2.75) is 64.8 Å². The molecule has 1 saturated carbocycles. The van der Waals surface area contributed by atoms with Gasteiger partial charge in [-0.2, -0.15) is 0 Å². The predicted octanol–water partition coefficient (Wildman–Crippen LogP) is 3.90. The molecule has 1 aromatic heterocycles. The van der Waals surface area contributed by atoms with Crippen LogP contribution in [0.15, 0.2) is 12.1 Å². The average Bonchev–Trinajstić information content (AvgIpc) is 2.92. The lowest BCUT2D eigenvalue weighted by atomic mass is 9.76. The number of rotatable bonds is 6. The number of aryl methyl sites for hydroxylation is 1. The SMILES string of the molecule is CCc1ccc(CC(NN)C2CCCC(CC)C2)s1. The van der Waals surface area contributed by atoms with Crippen LogP contribution in [0.2, 0.25) is 0 Å². The lowest BCUT2D eigenvalue weighted by Gasteiger charge is -2.33. The monoisotopic (exact) mass is 280 g/mol. The van der Waals surface area contributed by atoms with E-state index < -0.39 is 0 Å². The highest BCUT2D eigenvalue weighted by atomic mass is 32.1. The highest BCUT2D eigenvalue weighted by molar-refractivity contribution is 7.11. The second-order valence-corrected chi connectivity index (χ2v) is 7.15. The second kappa shape index (κ2) is 7.41. The molecule has 2 rings (SSSR count). The maximum absolute atomic E-state index is 5.83. The first-order chi connectivity index (χ1) is 9.26. The van der Waals surface area contributed by atoms with E-state index in [1.54, 1.807) is 0 Å². The molecule has 3 heteroatoms. The molecule has 0 amide bonds. The van der Waals surface area contributed by atoms with Crippen LogP contribution in [-0.4, -0.2) is 6.04 Å². The van der Waals surface area contributed by atoms with Crippen LogP contribution in [-0.2, 0) is 12.8 Å². The molecule has 2 nitrogen and oxygen atoms in total. The van der Waals surface area contributed by atoms with Crippen molar-refractivity contribution in [3.63, 3.8) is 0 Å². The summed E-state index contributed by atoms with van der Waals surface area (Å²) in [6.45, 7) is 4.55. The summed E-state index contributed by atoms with van der Waals surface area (Å²) in [6, 6.07) is 5.01. The van der Waals surface area contributed by atoms with Gasteiger partial charge in [0.05, 0.1) is 0 Å². The van der Waals surface area contributed by atoms with Crippen LogP contribution in [0.1, 0.15) is 55.7 Å². The third kappa shape index (κ3) is 4.04. The molecule has 1 heterocycles. The minimum absolute atomic E-state index is 0.456. The zero-order valence-electron chi connectivity index (χ0n) is 12.3. The molecule has 0 aliphatic heterocycles. The van der Waals surface area contributed by atoms with Crippen LogP contribution in [0.25, 0.3) is 0 Å². The summed E-state index contributed by atoms with van der Waals surface area (Å²) in [6.07, 6.45) is 9.08. The quantitative estimate of drug-likeness (QED) is 0.612. The Hall–Kier alpha value is -0.380. The first-order valence-electron chi connectivity index (χ1n) is 7.80. The normalized spacial score (nSPS) is 25.4. The molecule has 19 heavy (non-hydrogen) atoms. The van der Waals surface area contributed by atoms with E-state index in [-0.39, 0.29) is 0 Å². The lowest BCUT2D eigenvalue weighted by Crippen LogP contribution is -2.43. The number of hydrazine groups is 1. The fraction of sp³-hybridized carbons (Fsp3) is 0.750. The molecule has 0 saturated heterocycles. The molecule has 3 N–H and O–H groups in total. The largest absolute Gasteiger partial charge is 0.271 e.